The molecule has 0 aromatic heterocycles. The zero-order valence-corrected chi connectivity index (χ0v) is 10.1. The van der Waals surface area contributed by atoms with Crippen LogP contribution in [0.15, 0.2) is 24.3 Å². The van der Waals surface area contributed by atoms with Crippen LogP contribution in [-0.2, 0) is 11.2 Å². The highest BCUT2D eigenvalue weighted by molar-refractivity contribution is 5.73. The maximum Gasteiger partial charge on any atom is 0.307 e. The van der Waals surface area contributed by atoms with E-state index < -0.39 is 5.97 Å². The molecule has 1 heterocycles. The molecule has 0 spiro atoms. The van der Waals surface area contributed by atoms with Crippen molar-refractivity contribution < 1.29 is 9.90 Å². The Morgan fingerprint density at radius 2 is 1.88 bits per heavy atom. The molecule has 0 atom stereocenters. The lowest BCUT2D eigenvalue weighted by atomic mass is 10.1. The van der Waals surface area contributed by atoms with Crippen molar-refractivity contribution in [1.82, 2.24) is 4.90 Å². The van der Waals surface area contributed by atoms with Crippen LogP contribution in [0.1, 0.15) is 5.56 Å². The second kappa shape index (κ2) is 5.19. The molecule has 0 aliphatic carbocycles. The van der Waals surface area contributed by atoms with E-state index in [2.05, 4.69) is 16.8 Å². The third-order valence-electron chi connectivity index (χ3n) is 3.18. The summed E-state index contributed by atoms with van der Waals surface area (Å²) in [6.07, 6.45) is 0.0997. The van der Waals surface area contributed by atoms with Gasteiger partial charge in [-0.2, -0.15) is 0 Å². The highest BCUT2D eigenvalue weighted by Crippen LogP contribution is 2.22. The van der Waals surface area contributed by atoms with Gasteiger partial charge in [0.1, 0.15) is 0 Å². The lowest BCUT2D eigenvalue weighted by Gasteiger charge is -2.35. The van der Waals surface area contributed by atoms with Gasteiger partial charge in [-0.3, -0.25) is 4.79 Å². The normalized spacial score (nSPS) is 17.1. The molecular formula is C13H18N2O2. The lowest BCUT2D eigenvalue weighted by Crippen LogP contribution is -2.44. The Hall–Kier alpha value is -1.55. The van der Waals surface area contributed by atoms with Gasteiger partial charge in [-0.05, 0) is 18.7 Å². The largest absolute Gasteiger partial charge is 0.481 e. The van der Waals surface area contributed by atoms with E-state index in [1.54, 1.807) is 0 Å². The fraction of sp³-hybridized carbons (Fsp3) is 0.462. The van der Waals surface area contributed by atoms with Crippen LogP contribution in [-0.4, -0.2) is 49.2 Å². The summed E-state index contributed by atoms with van der Waals surface area (Å²) in [7, 11) is 2.11. The van der Waals surface area contributed by atoms with Crippen molar-refractivity contribution in [1.29, 1.82) is 0 Å². The van der Waals surface area contributed by atoms with E-state index in [9.17, 15) is 4.79 Å². The number of aliphatic carboxylic acids is 1. The predicted molar refractivity (Wildman–Crippen MR) is 67.5 cm³/mol. The Labute approximate surface area is 101 Å². The number of hydrogen-bond donors (Lipinski definition) is 1. The number of carboxylic acids is 1. The smallest absolute Gasteiger partial charge is 0.307 e. The molecule has 1 aromatic carbocycles. The van der Waals surface area contributed by atoms with Crippen molar-refractivity contribution in [2.24, 2.45) is 0 Å². The monoisotopic (exact) mass is 234 g/mol. The van der Waals surface area contributed by atoms with Crippen LogP contribution in [0.4, 0.5) is 5.69 Å². The first-order valence-corrected chi connectivity index (χ1v) is 5.90. The van der Waals surface area contributed by atoms with Crippen LogP contribution in [0.5, 0.6) is 0 Å². The van der Waals surface area contributed by atoms with Gasteiger partial charge in [0.05, 0.1) is 6.42 Å². The number of benzene rings is 1. The first-order chi connectivity index (χ1) is 8.16. The van der Waals surface area contributed by atoms with Crippen LogP contribution in [0.3, 0.4) is 0 Å². The van der Waals surface area contributed by atoms with Crippen LogP contribution >= 0.6 is 0 Å². The molecule has 0 amide bonds. The standard InChI is InChI=1S/C13H18N2O2/c1-14-6-8-15(9-7-14)12-5-3-2-4-11(12)10-13(16)17/h2-5H,6-10H2,1H3,(H,16,17). The highest BCUT2D eigenvalue weighted by atomic mass is 16.4. The number of carbonyl (C=O) groups is 1. The second-order valence-electron chi connectivity index (χ2n) is 4.49. The molecule has 0 bridgehead atoms. The van der Waals surface area contributed by atoms with E-state index in [0.29, 0.717) is 0 Å². The molecule has 1 saturated heterocycles. The SMILES string of the molecule is CN1CCN(c2ccccc2CC(=O)O)CC1. The molecule has 1 fully saturated rings. The fourth-order valence-corrected chi connectivity index (χ4v) is 2.18. The number of nitrogens with zero attached hydrogens (tertiary/aromatic N) is 2. The topological polar surface area (TPSA) is 43.8 Å². The molecule has 2 rings (SSSR count). The molecule has 0 radical (unpaired) electrons. The molecule has 1 N–H and O–H groups in total. The molecule has 17 heavy (non-hydrogen) atoms. The van der Waals surface area contributed by atoms with Crippen molar-refractivity contribution >= 4 is 11.7 Å². The average molecular weight is 234 g/mol. The number of carboxylic acid groups (broad SMARTS) is 1. The average Bonchev–Trinajstić information content (AvgIpc) is 2.30. The molecule has 1 aromatic rings. The number of hydrogen-bond acceptors (Lipinski definition) is 3. The van der Waals surface area contributed by atoms with Gasteiger partial charge in [-0.25, -0.2) is 0 Å². The van der Waals surface area contributed by atoms with Gasteiger partial charge < -0.3 is 14.9 Å². The fourth-order valence-electron chi connectivity index (χ4n) is 2.18. The summed E-state index contributed by atoms with van der Waals surface area (Å²) in [4.78, 5) is 15.4. The summed E-state index contributed by atoms with van der Waals surface area (Å²) in [6.45, 7) is 3.99. The Balaban J connectivity index is 2.16. The number of para-hydroxylation sites is 1. The second-order valence-corrected chi connectivity index (χ2v) is 4.49. The van der Waals surface area contributed by atoms with Crippen molar-refractivity contribution in [3.63, 3.8) is 0 Å². The first kappa shape index (κ1) is 11.9. The number of piperazine rings is 1. The molecular weight excluding hydrogens is 216 g/mol. The van der Waals surface area contributed by atoms with Gasteiger partial charge in [0, 0.05) is 31.9 Å². The minimum absolute atomic E-state index is 0.0997. The maximum atomic E-state index is 10.8. The van der Waals surface area contributed by atoms with Crippen molar-refractivity contribution in [3.05, 3.63) is 29.8 Å². The third-order valence-corrected chi connectivity index (χ3v) is 3.18. The van der Waals surface area contributed by atoms with Crippen LogP contribution in [0, 0.1) is 0 Å². The summed E-state index contributed by atoms with van der Waals surface area (Å²) in [5.74, 6) is -0.772. The van der Waals surface area contributed by atoms with E-state index in [-0.39, 0.29) is 6.42 Å². The Kier molecular flexibility index (Phi) is 3.64. The van der Waals surface area contributed by atoms with E-state index >= 15 is 0 Å². The number of likely N-dealkylation sites (N-methyl/N-ethyl adjacent to an activating group) is 1. The van der Waals surface area contributed by atoms with Gasteiger partial charge >= 0.3 is 5.97 Å². The van der Waals surface area contributed by atoms with Gasteiger partial charge in [-0.1, -0.05) is 18.2 Å². The van der Waals surface area contributed by atoms with Crippen LogP contribution in [0.25, 0.3) is 0 Å². The zero-order chi connectivity index (χ0) is 12.3. The lowest BCUT2D eigenvalue weighted by molar-refractivity contribution is -0.136. The summed E-state index contributed by atoms with van der Waals surface area (Å²) < 4.78 is 0. The molecule has 92 valence electrons. The van der Waals surface area contributed by atoms with Crippen LogP contribution in [0.2, 0.25) is 0 Å². The predicted octanol–water partition coefficient (Wildman–Crippen LogP) is 1.07. The van der Waals surface area contributed by atoms with Gasteiger partial charge in [0.25, 0.3) is 0 Å². The number of rotatable bonds is 3. The van der Waals surface area contributed by atoms with E-state index in [1.165, 1.54) is 0 Å². The first-order valence-electron chi connectivity index (χ1n) is 5.90. The minimum atomic E-state index is -0.772. The quantitative estimate of drug-likeness (QED) is 0.849. The molecule has 4 nitrogen and oxygen atoms in total. The third kappa shape index (κ3) is 2.97. The Bertz CT molecular complexity index is 398. The van der Waals surface area contributed by atoms with Gasteiger partial charge in [0.15, 0.2) is 0 Å². The van der Waals surface area contributed by atoms with Crippen molar-refractivity contribution in [2.75, 3.05) is 38.1 Å². The van der Waals surface area contributed by atoms with E-state index in [1.807, 2.05) is 24.3 Å². The maximum absolute atomic E-state index is 10.8. The summed E-state index contributed by atoms with van der Waals surface area (Å²) in [5.41, 5.74) is 1.98. The molecule has 1 aliphatic heterocycles. The minimum Gasteiger partial charge on any atom is -0.481 e. The molecule has 0 unspecified atom stereocenters. The van der Waals surface area contributed by atoms with Crippen molar-refractivity contribution in [3.8, 4) is 0 Å². The zero-order valence-electron chi connectivity index (χ0n) is 10.1. The Morgan fingerprint density at radius 1 is 1.24 bits per heavy atom. The number of anilines is 1. The Morgan fingerprint density at radius 3 is 2.53 bits per heavy atom. The van der Waals surface area contributed by atoms with E-state index in [4.69, 9.17) is 5.11 Å². The summed E-state index contributed by atoms with van der Waals surface area (Å²) in [5, 5.41) is 8.91. The van der Waals surface area contributed by atoms with E-state index in [0.717, 1.165) is 37.4 Å². The molecule has 1 aliphatic rings. The van der Waals surface area contributed by atoms with Crippen LogP contribution < -0.4 is 4.90 Å². The van der Waals surface area contributed by atoms with Gasteiger partial charge in [-0.15, -0.1) is 0 Å². The highest BCUT2D eigenvalue weighted by Gasteiger charge is 2.17. The molecule has 4 heteroatoms. The summed E-state index contributed by atoms with van der Waals surface area (Å²) in [6, 6.07) is 7.79. The summed E-state index contributed by atoms with van der Waals surface area (Å²) >= 11 is 0. The van der Waals surface area contributed by atoms with Gasteiger partial charge in [0.2, 0.25) is 0 Å². The van der Waals surface area contributed by atoms with Crippen molar-refractivity contribution in [2.45, 2.75) is 6.42 Å². The molecule has 0 saturated carbocycles.